The molecule has 0 amide bonds. The van der Waals surface area contributed by atoms with Crippen molar-refractivity contribution in [2.75, 3.05) is 6.61 Å². The average molecular weight is 332 g/mol. The fourth-order valence-electron chi connectivity index (χ4n) is 2.57. The van der Waals surface area contributed by atoms with Gasteiger partial charge < -0.3 is 10.5 Å². The third-order valence-corrected chi connectivity index (χ3v) is 4.70. The predicted octanol–water partition coefficient (Wildman–Crippen LogP) is 4.13. The molecule has 3 rings (SSSR count). The van der Waals surface area contributed by atoms with Gasteiger partial charge in [-0.2, -0.15) is 0 Å². The minimum atomic E-state index is -0.0980. The molecule has 1 aliphatic rings. The fraction of sp³-hybridized carbons (Fsp3) is 0.294. The monoisotopic (exact) mass is 331 g/mol. The van der Waals surface area contributed by atoms with Crippen LogP contribution in [0.4, 0.5) is 0 Å². The number of rotatable bonds is 2. The lowest BCUT2D eigenvalue weighted by Gasteiger charge is -2.20. The second kappa shape index (κ2) is 5.58. The van der Waals surface area contributed by atoms with Gasteiger partial charge in [-0.3, -0.25) is 0 Å². The van der Waals surface area contributed by atoms with Gasteiger partial charge in [0.2, 0.25) is 0 Å². The van der Waals surface area contributed by atoms with Gasteiger partial charge in [0.15, 0.2) is 0 Å². The summed E-state index contributed by atoms with van der Waals surface area (Å²) in [5.74, 6) is 1.01. The normalized spacial score (nSPS) is 15.3. The number of benzene rings is 2. The van der Waals surface area contributed by atoms with Gasteiger partial charge >= 0.3 is 0 Å². The summed E-state index contributed by atoms with van der Waals surface area (Å²) in [7, 11) is 0. The Kier molecular flexibility index (Phi) is 3.81. The molecule has 0 saturated carbocycles. The average Bonchev–Trinajstić information content (AvgIpc) is 2.49. The van der Waals surface area contributed by atoms with E-state index >= 15 is 0 Å². The Morgan fingerprint density at radius 3 is 2.70 bits per heavy atom. The highest BCUT2D eigenvalue weighted by Gasteiger charge is 2.15. The van der Waals surface area contributed by atoms with E-state index in [1.165, 1.54) is 11.1 Å². The molecule has 2 aromatic rings. The van der Waals surface area contributed by atoms with Crippen LogP contribution in [0.5, 0.6) is 5.75 Å². The quantitative estimate of drug-likeness (QED) is 0.897. The Morgan fingerprint density at radius 2 is 1.90 bits per heavy atom. The van der Waals surface area contributed by atoms with Crippen molar-refractivity contribution in [3.8, 4) is 5.75 Å². The van der Waals surface area contributed by atoms with Crippen LogP contribution in [0.15, 0.2) is 40.9 Å². The van der Waals surface area contributed by atoms with Crippen LogP contribution in [0.1, 0.15) is 34.7 Å². The fourth-order valence-corrected chi connectivity index (χ4v) is 2.97. The van der Waals surface area contributed by atoms with E-state index in [9.17, 15) is 0 Å². The summed E-state index contributed by atoms with van der Waals surface area (Å²) < 4.78 is 6.75. The molecule has 20 heavy (non-hydrogen) atoms. The number of nitrogens with two attached hydrogens (primary N) is 1. The minimum Gasteiger partial charge on any atom is -0.493 e. The van der Waals surface area contributed by atoms with E-state index in [1.54, 1.807) is 0 Å². The summed E-state index contributed by atoms with van der Waals surface area (Å²) in [6.07, 6.45) is 2.16. The first-order valence-corrected chi connectivity index (χ1v) is 7.72. The number of fused-ring (bicyclic) bond motifs is 1. The van der Waals surface area contributed by atoms with Crippen LogP contribution in [-0.4, -0.2) is 6.61 Å². The lowest BCUT2D eigenvalue weighted by molar-refractivity contribution is 0.288. The second-order valence-corrected chi connectivity index (χ2v) is 6.16. The number of ether oxygens (including phenoxy) is 1. The molecule has 1 atom stereocenters. The summed E-state index contributed by atoms with van der Waals surface area (Å²) in [4.78, 5) is 0. The van der Waals surface area contributed by atoms with Crippen molar-refractivity contribution >= 4 is 15.9 Å². The third-order valence-electron chi connectivity index (χ3n) is 3.85. The molecule has 1 heterocycles. The van der Waals surface area contributed by atoms with Crippen LogP contribution < -0.4 is 10.5 Å². The molecule has 1 aliphatic heterocycles. The zero-order chi connectivity index (χ0) is 14.1. The second-order valence-electron chi connectivity index (χ2n) is 5.31. The smallest absolute Gasteiger partial charge is 0.122 e. The molecule has 2 N–H and O–H groups in total. The molecule has 0 aromatic heterocycles. The van der Waals surface area contributed by atoms with Gasteiger partial charge in [0.25, 0.3) is 0 Å². The first-order valence-electron chi connectivity index (χ1n) is 6.92. The molecule has 104 valence electrons. The van der Waals surface area contributed by atoms with Gasteiger partial charge in [0.05, 0.1) is 12.6 Å². The number of halogens is 1. The highest BCUT2D eigenvalue weighted by Crippen LogP contribution is 2.30. The third kappa shape index (κ3) is 2.60. The molecule has 0 spiro atoms. The molecule has 2 aromatic carbocycles. The van der Waals surface area contributed by atoms with Crippen molar-refractivity contribution in [3.63, 3.8) is 0 Å². The van der Waals surface area contributed by atoms with E-state index in [4.69, 9.17) is 10.5 Å². The van der Waals surface area contributed by atoms with E-state index < -0.39 is 0 Å². The van der Waals surface area contributed by atoms with Crippen LogP contribution in [0.25, 0.3) is 0 Å². The van der Waals surface area contributed by atoms with Crippen molar-refractivity contribution in [1.82, 2.24) is 0 Å². The SMILES string of the molecule is Cc1ccc(C(N)c2ccc3c(c2)CCCO3)cc1Br. The van der Waals surface area contributed by atoms with Crippen molar-refractivity contribution in [2.24, 2.45) is 5.73 Å². The standard InChI is InChI=1S/C17H18BrNO/c1-11-4-5-14(10-15(11)18)17(19)13-6-7-16-12(9-13)3-2-8-20-16/h4-7,9-10,17H,2-3,8,19H2,1H3. The van der Waals surface area contributed by atoms with Gasteiger partial charge in [-0.15, -0.1) is 0 Å². The van der Waals surface area contributed by atoms with Crippen molar-refractivity contribution in [2.45, 2.75) is 25.8 Å². The summed E-state index contributed by atoms with van der Waals surface area (Å²) in [5.41, 5.74) is 11.2. The molecule has 3 heteroatoms. The Hall–Kier alpha value is -1.32. The van der Waals surface area contributed by atoms with Crippen molar-refractivity contribution < 1.29 is 4.74 Å². The van der Waals surface area contributed by atoms with Crippen molar-refractivity contribution in [1.29, 1.82) is 0 Å². The molecule has 1 unspecified atom stereocenters. The number of aryl methyl sites for hydroxylation is 2. The Labute approximate surface area is 128 Å². The van der Waals surface area contributed by atoms with Crippen LogP contribution in [0.3, 0.4) is 0 Å². The molecule has 0 saturated heterocycles. The van der Waals surface area contributed by atoms with E-state index in [0.717, 1.165) is 40.8 Å². The zero-order valence-electron chi connectivity index (χ0n) is 11.5. The minimum absolute atomic E-state index is 0.0980. The molecular weight excluding hydrogens is 314 g/mol. The van der Waals surface area contributed by atoms with E-state index in [1.807, 2.05) is 6.07 Å². The maximum absolute atomic E-state index is 6.41. The van der Waals surface area contributed by atoms with E-state index in [-0.39, 0.29) is 6.04 Å². The first-order chi connectivity index (χ1) is 9.65. The van der Waals surface area contributed by atoms with E-state index in [2.05, 4.69) is 53.2 Å². The summed E-state index contributed by atoms with van der Waals surface area (Å²) in [6, 6.07) is 12.5. The molecular formula is C17H18BrNO. The van der Waals surface area contributed by atoms with Crippen molar-refractivity contribution in [3.05, 3.63) is 63.1 Å². The highest BCUT2D eigenvalue weighted by atomic mass is 79.9. The summed E-state index contributed by atoms with van der Waals surface area (Å²) >= 11 is 3.57. The maximum Gasteiger partial charge on any atom is 0.122 e. The maximum atomic E-state index is 6.41. The molecule has 0 fully saturated rings. The Bertz CT molecular complexity index is 639. The van der Waals surface area contributed by atoms with Gasteiger partial charge in [0, 0.05) is 4.47 Å². The largest absolute Gasteiger partial charge is 0.493 e. The molecule has 2 nitrogen and oxygen atoms in total. The number of hydrogen-bond acceptors (Lipinski definition) is 2. The van der Waals surface area contributed by atoms with Gasteiger partial charge in [-0.05, 0) is 54.2 Å². The zero-order valence-corrected chi connectivity index (χ0v) is 13.1. The predicted molar refractivity (Wildman–Crippen MR) is 85.2 cm³/mol. The molecule has 0 aliphatic carbocycles. The van der Waals surface area contributed by atoms with Gasteiger partial charge in [0.1, 0.15) is 5.75 Å². The Morgan fingerprint density at radius 1 is 1.15 bits per heavy atom. The van der Waals surface area contributed by atoms with Crippen LogP contribution in [-0.2, 0) is 6.42 Å². The number of hydrogen-bond donors (Lipinski definition) is 1. The molecule has 0 radical (unpaired) electrons. The van der Waals surface area contributed by atoms with Crippen LogP contribution in [0.2, 0.25) is 0 Å². The van der Waals surface area contributed by atoms with Crippen LogP contribution in [0, 0.1) is 6.92 Å². The highest BCUT2D eigenvalue weighted by molar-refractivity contribution is 9.10. The molecule has 0 bridgehead atoms. The topological polar surface area (TPSA) is 35.2 Å². The Balaban J connectivity index is 1.93. The van der Waals surface area contributed by atoms with Crippen LogP contribution >= 0.6 is 15.9 Å². The first kappa shape index (κ1) is 13.7. The lowest BCUT2D eigenvalue weighted by atomic mass is 9.95. The van der Waals surface area contributed by atoms with E-state index in [0.29, 0.717) is 0 Å². The lowest BCUT2D eigenvalue weighted by Crippen LogP contribution is -2.14. The van der Waals surface area contributed by atoms with Gasteiger partial charge in [-0.1, -0.05) is 40.2 Å². The van der Waals surface area contributed by atoms with Gasteiger partial charge in [-0.25, -0.2) is 0 Å². The summed E-state index contributed by atoms with van der Waals surface area (Å²) in [6.45, 7) is 2.90. The summed E-state index contributed by atoms with van der Waals surface area (Å²) in [5, 5.41) is 0.